The molecule has 88 valence electrons. The van der Waals surface area contributed by atoms with Crippen molar-refractivity contribution in [1.82, 2.24) is 5.32 Å². The average Bonchev–Trinajstić information content (AvgIpc) is 2.63. The molecule has 0 heterocycles. The molecule has 2 heteroatoms. The molecule has 0 aliphatic heterocycles. The standard InChI is InChI=1S/C14H20FN/c1-10-4-3-5-14(10)16-9-12-6-7-13(15)8-11(12)2/h6-8,10,14,16H,3-5,9H2,1-2H3. The van der Waals surface area contributed by atoms with E-state index in [9.17, 15) is 4.39 Å². The minimum absolute atomic E-state index is 0.143. The highest BCUT2D eigenvalue weighted by molar-refractivity contribution is 5.26. The number of hydrogen-bond donors (Lipinski definition) is 1. The van der Waals surface area contributed by atoms with Gasteiger partial charge in [-0.15, -0.1) is 0 Å². The van der Waals surface area contributed by atoms with Gasteiger partial charge in [0.2, 0.25) is 0 Å². The topological polar surface area (TPSA) is 12.0 Å². The lowest BCUT2D eigenvalue weighted by Crippen LogP contribution is -2.30. The molecule has 1 aliphatic carbocycles. The summed E-state index contributed by atoms with van der Waals surface area (Å²) in [5.74, 6) is 0.635. The van der Waals surface area contributed by atoms with Gasteiger partial charge in [-0.05, 0) is 48.9 Å². The molecule has 1 aromatic rings. The van der Waals surface area contributed by atoms with E-state index in [4.69, 9.17) is 0 Å². The van der Waals surface area contributed by atoms with Crippen LogP contribution in [0.4, 0.5) is 4.39 Å². The van der Waals surface area contributed by atoms with Crippen molar-refractivity contribution in [3.05, 3.63) is 35.1 Å². The van der Waals surface area contributed by atoms with Gasteiger partial charge < -0.3 is 5.32 Å². The van der Waals surface area contributed by atoms with Crippen LogP contribution in [0.3, 0.4) is 0 Å². The van der Waals surface area contributed by atoms with Gasteiger partial charge in [0.1, 0.15) is 5.82 Å². The molecule has 1 nitrogen and oxygen atoms in total. The summed E-state index contributed by atoms with van der Waals surface area (Å²) in [6.45, 7) is 5.14. The molecule has 16 heavy (non-hydrogen) atoms. The van der Waals surface area contributed by atoms with Gasteiger partial charge in [0.05, 0.1) is 0 Å². The van der Waals surface area contributed by atoms with Gasteiger partial charge in [-0.2, -0.15) is 0 Å². The van der Waals surface area contributed by atoms with Crippen molar-refractivity contribution < 1.29 is 4.39 Å². The molecule has 1 aromatic carbocycles. The van der Waals surface area contributed by atoms with Gasteiger partial charge in [0, 0.05) is 12.6 Å². The first-order chi connectivity index (χ1) is 7.66. The minimum atomic E-state index is -0.143. The lowest BCUT2D eigenvalue weighted by molar-refractivity contribution is 0.425. The minimum Gasteiger partial charge on any atom is -0.310 e. The van der Waals surface area contributed by atoms with Crippen LogP contribution < -0.4 is 5.32 Å². The van der Waals surface area contributed by atoms with Crippen molar-refractivity contribution in [1.29, 1.82) is 0 Å². The van der Waals surface area contributed by atoms with E-state index in [2.05, 4.69) is 12.2 Å². The number of aryl methyl sites for hydroxylation is 1. The second-order valence-corrected chi connectivity index (χ2v) is 4.97. The van der Waals surface area contributed by atoms with Crippen LogP contribution in [0.15, 0.2) is 18.2 Å². The van der Waals surface area contributed by atoms with E-state index in [-0.39, 0.29) is 5.82 Å². The van der Waals surface area contributed by atoms with Gasteiger partial charge in [0.25, 0.3) is 0 Å². The Morgan fingerprint density at radius 2 is 2.19 bits per heavy atom. The number of nitrogens with one attached hydrogen (secondary N) is 1. The number of rotatable bonds is 3. The lowest BCUT2D eigenvalue weighted by atomic mass is 10.0. The highest BCUT2D eigenvalue weighted by atomic mass is 19.1. The molecular weight excluding hydrogens is 201 g/mol. The summed E-state index contributed by atoms with van der Waals surface area (Å²) in [6.07, 6.45) is 3.95. The van der Waals surface area contributed by atoms with Gasteiger partial charge in [-0.25, -0.2) is 4.39 Å². The quantitative estimate of drug-likeness (QED) is 0.824. The number of benzene rings is 1. The Labute approximate surface area is 97.1 Å². The zero-order chi connectivity index (χ0) is 11.5. The molecule has 0 radical (unpaired) electrons. The third kappa shape index (κ3) is 2.62. The summed E-state index contributed by atoms with van der Waals surface area (Å²) in [5, 5.41) is 3.59. The van der Waals surface area contributed by atoms with Crippen LogP contribution in [-0.4, -0.2) is 6.04 Å². The highest BCUT2D eigenvalue weighted by Gasteiger charge is 2.22. The Kier molecular flexibility index (Phi) is 3.59. The van der Waals surface area contributed by atoms with E-state index in [1.165, 1.54) is 24.8 Å². The molecule has 2 rings (SSSR count). The fraction of sp³-hybridized carbons (Fsp3) is 0.571. The largest absolute Gasteiger partial charge is 0.310 e. The molecule has 0 saturated heterocycles. The van der Waals surface area contributed by atoms with Crippen molar-refractivity contribution in [3.63, 3.8) is 0 Å². The summed E-state index contributed by atoms with van der Waals surface area (Å²) in [6, 6.07) is 5.68. The maximum Gasteiger partial charge on any atom is 0.123 e. The predicted molar refractivity (Wildman–Crippen MR) is 64.8 cm³/mol. The summed E-state index contributed by atoms with van der Waals surface area (Å²) < 4.78 is 12.9. The molecule has 0 aromatic heterocycles. The van der Waals surface area contributed by atoms with Crippen molar-refractivity contribution in [2.24, 2.45) is 5.92 Å². The normalized spacial score (nSPS) is 24.9. The van der Waals surface area contributed by atoms with Gasteiger partial charge in [-0.1, -0.05) is 19.4 Å². The molecule has 0 amide bonds. The van der Waals surface area contributed by atoms with Gasteiger partial charge >= 0.3 is 0 Å². The number of halogens is 1. The molecule has 2 atom stereocenters. The average molecular weight is 221 g/mol. The highest BCUT2D eigenvalue weighted by Crippen LogP contribution is 2.25. The maximum absolute atomic E-state index is 12.9. The third-order valence-electron chi connectivity index (χ3n) is 3.72. The Morgan fingerprint density at radius 1 is 1.38 bits per heavy atom. The first-order valence-electron chi connectivity index (χ1n) is 6.15. The summed E-state index contributed by atoms with van der Waals surface area (Å²) >= 11 is 0. The van der Waals surface area contributed by atoms with Crippen molar-refractivity contribution >= 4 is 0 Å². The zero-order valence-electron chi connectivity index (χ0n) is 10.1. The Morgan fingerprint density at radius 3 is 2.81 bits per heavy atom. The second kappa shape index (κ2) is 4.96. The first-order valence-corrected chi connectivity index (χ1v) is 6.15. The van der Waals surface area contributed by atoms with Crippen LogP contribution in [-0.2, 0) is 6.54 Å². The van der Waals surface area contributed by atoms with E-state index >= 15 is 0 Å². The van der Waals surface area contributed by atoms with E-state index in [0.717, 1.165) is 18.0 Å². The van der Waals surface area contributed by atoms with Crippen molar-refractivity contribution in [2.75, 3.05) is 0 Å². The zero-order valence-corrected chi connectivity index (χ0v) is 10.1. The summed E-state index contributed by atoms with van der Waals surface area (Å²) in [5.41, 5.74) is 2.25. The molecule has 1 fully saturated rings. The monoisotopic (exact) mass is 221 g/mol. The predicted octanol–water partition coefficient (Wildman–Crippen LogP) is 3.41. The van der Waals surface area contributed by atoms with Gasteiger partial charge in [0.15, 0.2) is 0 Å². The molecule has 2 unspecified atom stereocenters. The van der Waals surface area contributed by atoms with Crippen LogP contribution in [0.25, 0.3) is 0 Å². The van der Waals surface area contributed by atoms with Gasteiger partial charge in [-0.3, -0.25) is 0 Å². The maximum atomic E-state index is 12.9. The first kappa shape index (κ1) is 11.6. The van der Waals surface area contributed by atoms with E-state index in [1.54, 1.807) is 12.1 Å². The van der Waals surface area contributed by atoms with Crippen LogP contribution in [0, 0.1) is 18.7 Å². The Hall–Kier alpha value is -0.890. The van der Waals surface area contributed by atoms with E-state index in [1.807, 2.05) is 13.0 Å². The SMILES string of the molecule is Cc1cc(F)ccc1CNC1CCCC1C. The second-order valence-electron chi connectivity index (χ2n) is 4.97. The Bertz CT molecular complexity index is 362. The smallest absolute Gasteiger partial charge is 0.123 e. The fourth-order valence-electron chi connectivity index (χ4n) is 2.55. The number of hydrogen-bond acceptors (Lipinski definition) is 1. The van der Waals surface area contributed by atoms with Crippen LogP contribution in [0.2, 0.25) is 0 Å². The molecule has 0 spiro atoms. The van der Waals surface area contributed by atoms with E-state index < -0.39 is 0 Å². The molecule has 1 N–H and O–H groups in total. The van der Waals surface area contributed by atoms with Crippen LogP contribution >= 0.6 is 0 Å². The lowest BCUT2D eigenvalue weighted by Gasteiger charge is -2.18. The van der Waals surface area contributed by atoms with Crippen LogP contribution in [0.1, 0.15) is 37.3 Å². The molecule has 1 saturated carbocycles. The third-order valence-corrected chi connectivity index (χ3v) is 3.72. The molecule has 1 aliphatic rings. The Balaban J connectivity index is 1.94. The van der Waals surface area contributed by atoms with Crippen LogP contribution in [0.5, 0.6) is 0 Å². The molecular formula is C14H20FN. The molecule has 0 bridgehead atoms. The summed E-state index contributed by atoms with van der Waals surface area (Å²) in [4.78, 5) is 0. The van der Waals surface area contributed by atoms with Crippen molar-refractivity contribution in [3.8, 4) is 0 Å². The van der Waals surface area contributed by atoms with Crippen molar-refractivity contribution in [2.45, 2.75) is 45.7 Å². The summed E-state index contributed by atoms with van der Waals surface area (Å²) in [7, 11) is 0. The van der Waals surface area contributed by atoms with E-state index in [0.29, 0.717) is 6.04 Å². The fourth-order valence-corrected chi connectivity index (χ4v) is 2.55.